The smallest absolute Gasteiger partial charge is 0.391 e. The molecule has 130 valence electrons. The lowest BCUT2D eigenvalue weighted by molar-refractivity contribution is -0.150. The lowest BCUT2D eigenvalue weighted by Gasteiger charge is -2.27. The highest BCUT2D eigenvalue weighted by Gasteiger charge is 2.38. The number of carboxylic acid groups (broad SMARTS) is 1. The summed E-state index contributed by atoms with van der Waals surface area (Å²) in [6.07, 6.45) is -1.90. The van der Waals surface area contributed by atoms with E-state index in [0.717, 1.165) is 0 Å². The Kier molecular flexibility index (Phi) is 5.64. The zero-order valence-electron chi connectivity index (χ0n) is 12.8. The van der Waals surface area contributed by atoms with Gasteiger partial charge < -0.3 is 10.4 Å². The van der Waals surface area contributed by atoms with Gasteiger partial charge in [0, 0.05) is 0 Å². The maximum Gasteiger partial charge on any atom is 0.391 e. The maximum absolute atomic E-state index is 12.8. The molecule has 2 rings (SSSR count). The molecule has 2 N–H and O–H groups in total. The fraction of sp³-hybridized carbons (Fsp3) is 0.412. The average molecular weight is 341 g/mol. The van der Waals surface area contributed by atoms with E-state index in [1.165, 1.54) is 12.1 Å². The van der Waals surface area contributed by atoms with Gasteiger partial charge in [-0.3, -0.25) is 9.59 Å². The highest BCUT2D eigenvalue weighted by Crippen LogP contribution is 2.31. The monoisotopic (exact) mass is 341 g/mol. The molecular weight excluding hydrogens is 323 g/mol. The molecule has 0 aliphatic heterocycles. The molecule has 3 atom stereocenters. The molecule has 24 heavy (non-hydrogen) atoms. The first-order chi connectivity index (χ1) is 11.3. The molecule has 0 heterocycles. The first-order valence-corrected chi connectivity index (χ1v) is 7.58. The van der Waals surface area contributed by atoms with Gasteiger partial charge in [-0.25, -0.2) is 0 Å². The molecule has 0 aromatic heterocycles. The molecule has 1 aromatic rings. The number of carbonyl (C=O) groups is 2. The molecule has 0 spiro atoms. The quantitative estimate of drug-likeness (QED) is 0.806. The van der Waals surface area contributed by atoms with E-state index in [0.29, 0.717) is 5.56 Å². The molecule has 4 nitrogen and oxygen atoms in total. The summed E-state index contributed by atoms with van der Waals surface area (Å²) in [7, 11) is 0. The lowest BCUT2D eigenvalue weighted by Crippen LogP contribution is -2.41. The predicted octanol–water partition coefficient (Wildman–Crippen LogP) is 3.46. The number of hydrogen-bond donors (Lipinski definition) is 2. The maximum atomic E-state index is 12.8. The van der Waals surface area contributed by atoms with Gasteiger partial charge in [0.1, 0.15) is 0 Å². The first kappa shape index (κ1) is 18.0. The summed E-state index contributed by atoms with van der Waals surface area (Å²) in [5, 5.41) is 11.6. The van der Waals surface area contributed by atoms with Crippen LogP contribution in [0.25, 0.3) is 0 Å². The van der Waals surface area contributed by atoms with Crippen molar-refractivity contribution in [3.8, 4) is 0 Å². The Morgan fingerprint density at radius 1 is 1.12 bits per heavy atom. The molecule has 0 fully saturated rings. The normalized spacial score (nSPS) is 22.0. The van der Waals surface area contributed by atoms with Crippen LogP contribution in [0.1, 0.15) is 30.9 Å². The van der Waals surface area contributed by atoms with E-state index < -0.39 is 42.4 Å². The van der Waals surface area contributed by atoms with Crippen molar-refractivity contribution < 1.29 is 27.9 Å². The fourth-order valence-corrected chi connectivity index (χ4v) is 2.82. The number of allylic oxidation sites excluding steroid dienone is 2. The summed E-state index contributed by atoms with van der Waals surface area (Å²) in [4.78, 5) is 23.7. The summed E-state index contributed by atoms with van der Waals surface area (Å²) in [6, 6.07) is 6.63. The molecule has 3 unspecified atom stereocenters. The number of nitrogens with one attached hydrogen (secondary N) is 1. The SMILES string of the molecule is O=C(O)C1CC=CCC1C(=O)NC(CC(F)(F)F)c1ccccc1. The van der Waals surface area contributed by atoms with Crippen molar-refractivity contribution in [3.05, 3.63) is 48.0 Å². The van der Waals surface area contributed by atoms with Crippen LogP contribution in [0.15, 0.2) is 42.5 Å². The number of carboxylic acids is 1. The number of halogens is 3. The molecule has 0 radical (unpaired) electrons. The third-order valence-corrected chi connectivity index (χ3v) is 4.04. The standard InChI is InChI=1S/C17H18F3NO3/c18-17(19,20)10-14(11-6-2-1-3-7-11)21-15(22)12-8-4-5-9-13(12)16(23)24/h1-7,12-14H,8-10H2,(H,21,22)(H,23,24). The fourth-order valence-electron chi connectivity index (χ4n) is 2.82. The summed E-state index contributed by atoms with van der Waals surface area (Å²) in [5.41, 5.74) is 0.335. The summed E-state index contributed by atoms with van der Waals surface area (Å²) < 4.78 is 38.5. The Morgan fingerprint density at radius 2 is 1.71 bits per heavy atom. The Morgan fingerprint density at radius 3 is 2.25 bits per heavy atom. The van der Waals surface area contributed by atoms with Gasteiger partial charge in [-0.1, -0.05) is 42.5 Å². The van der Waals surface area contributed by atoms with E-state index in [-0.39, 0.29) is 12.8 Å². The van der Waals surface area contributed by atoms with E-state index in [1.807, 2.05) is 0 Å². The van der Waals surface area contributed by atoms with Gasteiger partial charge in [-0.15, -0.1) is 0 Å². The number of benzene rings is 1. The van der Waals surface area contributed by atoms with Crippen molar-refractivity contribution in [3.63, 3.8) is 0 Å². The van der Waals surface area contributed by atoms with Crippen molar-refractivity contribution in [1.82, 2.24) is 5.32 Å². The zero-order chi connectivity index (χ0) is 17.7. The summed E-state index contributed by atoms with van der Waals surface area (Å²) in [5.74, 6) is -3.57. The topological polar surface area (TPSA) is 66.4 Å². The van der Waals surface area contributed by atoms with Gasteiger partial charge in [0.2, 0.25) is 5.91 Å². The van der Waals surface area contributed by atoms with Gasteiger partial charge in [0.15, 0.2) is 0 Å². The van der Waals surface area contributed by atoms with Crippen LogP contribution in [0.4, 0.5) is 13.2 Å². The van der Waals surface area contributed by atoms with Crippen molar-refractivity contribution >= 4 is 11.9 Å². The van der Waals surface area contributed by atoms with Crippen molar-refractivity contribution in [2.75, 3.05) is 0 Å². The second-order valence-electron chi connectivity index (χ2n) is 5.79. The predicted molar refractivity (Wildman–Crippen MR) is 81.0 cm³/mol. The van der Waals surface area contributed by atoms with E-state index in [2.05, 4.69) is 5.32 Å². The molecule has 0 saturated carbocycles. The van der Waals surface area contributed by atoms with Crippen LogP contribution in [0, 0.1) is 11.8 Å². The van der Waals surface area contributed by atoms with Crippen LogP contribution in [-0.2, 0) is 9.59 Å². The Balaban J connectivity index is 2.17. The molecule has 7 heteroatoms. The average Bonchev–Trinajstić information content (AvgIpc) is 2.53. The minimum Gasteiger partial charge on any atom is -0.481 e. The van der Waals surface area contributed by atoms with Gasteiger partial charge in [0.25, 0.3) is 0 Å². The molecule has 1 aromatic carbocycles. The Bertz CT molecular complexity index is 613. The van der Waals surface area contributed by atoms with E-state index >= 15 is 0 Å². The zero-order valence-corrected chi connectivity index (χ0v) is 12.8. The third-order valence-electron chi connectivity index (χ3n) is 4.04. The summed E-state index contributed by atoms with van der Waals surface area (Å²) >= 11 is 0. The highest BCUT2D eigenvalue weighted by atomic mass is 19.4. The molecule has 1 aliphatic rings. The van der Waals surface area contributed by atoms with E-state index in [9.17, 15) is 27.9 Å². The van der Waals surface area contributed by atoms with Crippen molar-refractivity contribution in [2.24, 2.45) is 11.8 Å². The molecular formula is C17H18F3NO3. The van der Waals surface area contributed by atoms with Crippen LogP contribution >= 0.6 is 0 Å². The number of aliphatic carboxylic acids is 1. The lowest BCUT2D eigenvalue weighted by atomic mass is 9.82. The minimum absolute atomic E-state index is 0.197. The Labute approximate surface area is 137 Å². The van der Waals surface area contributed by atoms with Crippen LogP contribution in [0.2, 0.25) is 0 Å². The second kappa shape index (κ2) is 7.51. The van der Waals surface area contributed by atoms with Crippen molar-refractivity contribution in [2.45, 2.75) is 31.5 Å². The van der Waals surface area contributed by atoms with Crippen molar-refractivity contribution in [1.29, 1.82) is 0 Å². The Hall–Kier alpha value is -2.31. The molecule has 0 saturated heterocycles. The number of hydrogen-bond acceptors (Lipinski definition) is 2. The first-order valence-electron chi connectivity index (χ1n) is 7.58. The second-order valence-corrected chi connectivity index (χ2v) is 5.79. The number of amides is 1. The summed E-state index contributed by atoms with van der Waals surface area (Å²) in [6.45, 7) is 0. The van der Waals surface area contributed by atoms with Crippen LogP contribution in [0.5, 0.6) is 0 Å². The van der Waals surface area contributed by atoms with Gasteiger partial charge in [-0.2, -0.15) is 13.2 Å². The molecule has 1 aliphatic carbocycles. The molecule has 1 amide bonds. The largest absolute Gasteiger partial charge is 0.481 e. The molecule has 0 bridgehead atoms. The van der Waals surface area contributed by atoms with Crippen LogP contribution in [0.3, 0.4) is 0 Å². The number of rotatable bonds is 5. The van der Waals surface area contributed by atoms with E-state index in [1.54, 1.807) is 30.4 Å². The third kappa shape index (κ3) is 4.84. The van der Waals surface area contributed by atoms with E-state index in [4.69, 9.17) is 0 Å². The highest BCUT2D eigenvalue weighted by molar-refractivity contribution is 5.85. The van der Waals surface area contributed by atoms with Gasteiger partial charge in [0.05, 0.1) is 24.3 Å². The van der Waals surface area contributed by atoms with Gasteiger partial charge in [-0.05, 0) is 18.4 Å². The number of carbonyl (C=O) groups excluding carboxylic acids is 1. The van der Waals surface area contributed by atoms with Crippen LogP contribution < -0.4 is 5.32 Å². The number of alkyl halides is 3. The van der Waals surface area contributed by atoms with Crippen LogP contribution in [-0.4, -0.2) is 23.2 Å². The minimum atomic E-state index is -4.45. The van der Waals surface area contributed by atoms with Gasteiger partial charge >= 0.3 is 12.1 Å².